The van der Waals surface area contributed by atoms with Gasteiger partial charge >= 0.3 is 5.97 Å². The Morgan fingerprint density at radius 1 is 1.33 bits per heavy atom. The van der Waals surface area contributed by atoms with E-state index in [1.807, 2.05) is 0 Å². The van der Waals surface area contributed by atoms with Crippen LogP contribution in [0.25, 0.3) is 0 Å². The van der Waals surface area contributed by atoms with Crippen molar-refractivity contribution in [1.29, 1.82) is 0 Å². The number of fused-ring (bicyclic) bond motifs is 1. The Morgan fingerprint density at radius 2 is 2.00 bits per heavy atom. The number of carbonyl (C=O) groups excluding carboxylic acids is 2. The van der Waals surface area contributed by atoms with E-state index in [1.165, 1.54) is 0 Å². The predicted molar refractivity (Wildman–Crippen MR) is 76.8 cm³/mol. The number of carboxylic acid groups (broad SMARTS) is 1. The summed E-state index contributed by atoms with van der Waals surface area (Å²) in [5.41, 5.74) is 1.48. The Hall–Kier alpha value is -2.37. The highest BCUT2D eigenvalue weighted by Gasteiger charge is 2.33. The van der Waals surface area contributed by atoms with Crippen LogP contribution in [0.2, 0.25) is 0 Å². The van der Waals surface area contributed by atoms with E-state index >= 15 is 0 Å². The van der Waals surface area contributed by atoms with Crippen molar-refractivity contribution in [2.45, 2.75) is 32.2 Å². The van der Waals surface area contributed by atoms with Crippen LogP contribution in [0.4, 0.5) is 5.69 Å². The second-order valence-electron chi connectivity index (χ2n) is 5.46. The van der Waals surface area contributed by atoms with E-state index in [2.05, 4.69) is 10.6 Å². The van der Waals surface area contributed by atoms with Crippen LogP contribution in [0, 0.1) is 5.92 Å². The number of nitrogens with one attached hydrogen (secondary N) is 2. The van der Waals surface area contributed by atoms with E-state index in [0.717, 1.165) is 5.56 Å². The molecule has 112 valence electrons. The number of rotatable bonds is 5. The number of amides is 2. The summed E-state index contributed by atoms with van der Waals surface area (Å²) in [6.07, 6.45) is -0.0562. The van der Waals surface area contributed by atoms with Gasteiger partial charge in [0.1, 0.15) is 6.04 Å². The molecule has 1 heterocycles. The minimum atomic E-state index is -1.07. The third kappa shape index (κ3) is 3.21. The number of carboxylic acids is 1. The number of hydrogen-bond donors (Lipinski definition) is 3. The summed E-state index contributed by atoms with van der Waals surface area (Å²) in [5.74, 6) is -2.54. The SMILES string of the molecule is CC(C)[C@H](NC(=O)CC1C(=O)Nc2ccccc21)C(=O)O. The van der Waals surface area contributed by atoms with E-state index in [1.54, 1.807) is 38.1 Å². The zero-order valence-electron chi connectivity index (χ0n) is 11.9. The summed E-state index contributed by atoms with van der Waals surface area (Å²) < 4.78 is 0. The highest BCUT2D eigenvalue weighted by molar-refractivity contribution is 6.05. The molecule has 0 bridgehead atoms. The van der Waals surface area contributed by atoms with Crippen molar-refractivity contribution < 1.29 is 19.5 Å². The monoisotopic (exact) mass is 290 g/mol. The average molecular weight is 290 g/mol. The number of carbonyl (C=O) groups is 3. The molecule has 0 spiro atoms. The molecule has 2 atom stereocenters. The van der Waals surface area contributed by atoms with Crippen molar-refractivity contribution in [3.63, 3.8) is 0 Å². The smallest absolute Gasteiger partial charge is 0.326 e. The number of hydrogen-bond acceptors (Lipinski definition) is 3. The molecule has 1 aromatic carbocycles. The standard InChI is InChI=1S/C15H18N2O4/c1-8(2)13(15(20)21)17-12(18)7-10-9-5-3-4-6-11(9)16-14(10)19/h3-6,8,10,13H,7H2,1-2H3,(H,16,19)(H,17,18)(H,20,21)/t10?,13-/m0/s1. The zero-order chi connectivity index (χ0) is 15.6. The topological polar surface area (TPSA) is 95.5 Å². The molecular formula is C15H18N2O4. The predicted octanol–water partition coefficient (Wildman–Crippen LogP) is 1.34. The lowest BCUT2D eigenvalue weighted by molar-refractivity contribution is -0.143. The quantitative estimate of drug-likeness (QED) is 0.762. The van der Waals surface area contributed by atoms with Crippen LogP contribution in [0.5, 0.6) is 0 Å². The molecule has 1 aliphatic heterocycles. The first-order valence-electron chi connectivity index (χ1n) is 6.82. The second-order valence-corrected chi connectivity index (χ2v) is 5.46. The Morgan fingerprint density at radius 3 is 2.62 bits per heavy atom. The van der Waals surface area contributed by atoms with Crippen molar-refractivity contribution in [2.75, 3.05) is 5.32 Å². The number of anilines is 1. The molecule has 0 aliphatic carbocycles. The van der Waals surface area contributed by atoms with Crippen molar-refractivity contribution >= 4 is 23.5 Å². The number of benzene rings is 1. The summed E-state index contributed by atoms with van der Waals surface area (Å²) in [6.45, 7) is 3.44. The summed E-state index contributed by atoms with van der Waals surface area (Å²) >= 11 is 0. The fourth-order valence-electron chi connectivity index (χ4n) is 2.41. The maximum absolute atomic E-state index is 12.0. The first-order chi connectivity index (χ1) is 9.90. The summed E-state index contributed by atoms with van der Waals surface area (Å²) in [6, 6.07) is 6.23. The van der Waals surface area contributed by atoms with Crippen LogP contribution in [-0.2, 0) is 14.4 Å². The zero-order valence-corrected chi connectivity index (χ0v) is 11.9. The van der Waals surface area contributed by atoms with Crippen LogP contribution in [-0.4, -0.2) is 28.9 Å². The lowest BCUT2D eigenvalue weighted by atomic mass is 9.96. The van der Waals surface area contributed by atoms with Gasteiger partial charge in [0.25, 0.3) is 0 Å². The number of para-hydroxylation sites is 1. The van der Waals surface area contributed by atoms with E-state index in [9.17, 15) is 14.4 Å². The third-order valence-electron chi connectivity index (χ3n) is 3.55. The molecule has 1 unspecified atom stereocenters. The van der Waals surface area contributed by atoms with Crippen molar-refractivity contribution in [2.24, 2.45) is 5.92 Å². The molecule has 0 fully saturated rings. The Labute approximate surface area is 122 Å². The molecule has 0 saturated carbocycles. The van der Waals surface area contributed by atoms with Crippen molar-refractivity contribution in [1.82, 2.24) is 5.32 Å². The minimum absolute atomic E-state index is 0.0562. The molecule has 2 rings (SSSR count). The van der Waals surface area contributed by atoms with Gasteiger partial charge in [0.2, 0.25) is 11.8 Å². The van der Waals surface area contributed by atoms with Crippen LogP contribution in [0.1, 0.15) is 31.7 Å². The molecule has 2 amide bonds. The van der Waals surface area contributed by atoms with Gasteiger partial charge in [-0.25, -0.2) is 4.79 Å². The van der Waals surface area contributed by atoms with Gasteiger partial charge in [-0.15, -0.1) is 0 Å². The first kappa shape index (κ1) is 15.0. The lowest BCUT2D eigenvalue weighted by Gasteiger charge is -2.18. The Bertz CT molecular complexity index is 583. The van der Waals surface area contributed by atoms with Crippen molar-refractivity contribution in [3.8, 4) is 0 Å². The maximum Gasteiger partial charge on any atom is 0.326 e. The van der Waals surface area contributed by atoms with Crippen LogP contribution in [0.15, 0.2) is 24.3 Å². The molecule has 21 heavy (non-hydrogen) atoms. The van der Waals surface area contributed by atoms with Crippen LogP contribution in [0.3, 0.4) is 0 Å². The first-order valence-corrected chi connectivity index (χ1v) is 6.82. The van der Waals surface area contributed by atoms with Crippen LogP contribution < -0.4 is 10.6 Å². The van der Waals surface area contributed by atoms with Gasteiger partial charge in [-0.3, -0.25) is 9.59 Å². The van der Waals surface area contributed by atoms with E-state index < -0.39 is 23.8 Å². The molecule has 0 radical (unpaired) electrons. The molecule has 1 aliphatic rings. The molecule has 3 N–H and O–H groups in total. The molecule has 6 heteroatoms. The van der Waals surface area contributed by atoms with E-state index in [0.29, 0.717) is 5.69 Å². The molecule has 0 saturated heterocycles. The fraction of sp³-hybridized carbons (Fsp3) is 0.400. The van der Waals surface area contributed by atoms with Crippen molar-refractivity contribution in [3.05, 3.63) is 29.8 Å². The third-order valence-corrected chi connectivity index (χ3v) is 3.55. The highest BCUT2D eigenvalue weighted by Crippen LogP contribution is 2.34. The molecular weight excluding hydrogens is 272 g/mol. The van der Waals surface area contributed by atoms with Gasteiger partial charge in [-0.05, 0) is 17.5 Å². The average Bonchev–Trinajstić information content (AvgIpc) is 2.72. The van der Waals surface area contributed by atoms with Crippen LogP contribution >= 0.6 is 0 Å². The fourth-order valence-corrected chi connectivity index (χ4v) is 2.41. The summed E-state index contributed by atoms with van der Waals surface area (Å²) in [4.78, 5) is 35.0. The van der Waals surface area contributed by atoms with Gasteiger partial charge in [0, 0.05) is 12.1 Å². The normalized spacial score (nSPS) is 18.0. The summed E-state index contributed by atoms with van der Waals surface area (Å²) in [7, 11) is 0. The molecule has 6 nitrogen and oxygen atoms in total. The number of aliphatic carboxylic acids is 1. The van der Waals surface area contributed by atoms with E-state index in [-0.39, 0.29) is 18.2 Å². The Balaban J connectivity index is 2.06. The second kappa shape index (κ2) is 5.95. The van der Waals surface area contributed by atoms with Gasteiger partial charge in [0.05, 0.1) is 5.92 Å². The van der Waals surface area contributed by atoms with Gasteiger partial charge < -0.3 is 15.7 Å². The largest absolute Gasteiger partial charge is 0.480 e. The molecule has 0 aromatic heterocycles. The van der Waals surface area contributed by atoms with Gasteiger partial charge in [0.15, 0.2) is 0 Å². The molecule has 1 aromatic rings. The minimum Gasteiger partial charge on any atom is -0.480 e. The highest BCUT2D eigenvalue weighted by atomic mass is 16.4. The van der Waals surface area contributed by atoms with Gasteiger partial charge in [-0.1, -0.05) is 32.0 Å². The van der Waals surface area contributed by atoms with E-state index in [4.69, 9.17) is 5.11 Å². The maximum atomic E-state index is 12.0. The Kier molecular flexibility index (Phi) is 4.26. The lowest BCUT2D eigenvalue weighted by Crippen LogP contribution is -2.44. The summed E-state index contributed by atoms with van der Waals surface area (Å²) in [5, 5.41) is 14.3. The van der Waals surface area contributed by atoms with Gasteiger partial charge in [-0.2, -0.15) is 0 Å².